The highest BCUT2D eigenvalue weighted by Gasteiger charge is 1.96. The van der Waals surface area contributed by atoms with Crippen LogP contribution in [0, 0.1) is 6.07 Å². The minimum absolute atomic E-state index is 0.577. The van der Waals surface area contributed by atoms with Crippen molar-refractivity contribution in [2.45, 2.75) is 6.61 Å². The highest BCUT2D eigenvalue weighted by Crippen LogP contribution is 2.18. The van der Waals surface area contributed by atoms with Gasteiger partial charge in [0.25, 0.3) is 0 Å². The van der Waals surface area contributed by atoms with E-state index in [0.717, 1.165) is 15.8 Å². The summed E-state index contributed by atoms with van der Waals surface area (Å²) in [6, 6.07) is 18.8. The molecule has 75 valence electrons. The minimum atomic E-state index is 0.577. The van der Waals surface area contributed by atoms with Crippen molar-refractivity contribution >= 4 is 15.9 Å². The summed E-state index contributed by atoms with van der Waals surface area (Å²) < 4.78 is 6.59. The molecule has 0 atom stereocenters. The quantitative estimate of drug-likeness (QED) is 0.816. The Morgan fingerprint density at radius 2 is 1.93 bits per heavy atom. The van der Waals surface area contributed by atoms with E-state index >= 15 is 0 Å². The second-order valence-electron chi connectivity index (χ2n) is 3.15. The normalized spacial score (nSPS) is 9.93. The van der Waals surface area contributed by atoms with Crippen molar-refractivity contribution < 1.29 is 4.74 Å². The van der Waals surface area contributed by atoms with Crippen molar-refractivity contribution in [3.05, 3.63) is 64.6 Å². The maximum Gasteiger partial charge on any atom is 0.128 e. The summed E-state index contributed by atoms with van der Waals surface area (Å²) in [5.74, 6) is 0.758. The first-order chi connectivity index (χ1) is 7.34. The third kappa shape index (κ3) is 3.10. The molecule has 0 aromatic heterocycles. The number of benzene rings is 2. The van der Waals surface area contributed by atoms with Crippen LogP contribution in [0.3, 0.4) is 0 Å². The van der Waals surface area contributed by atoms with Gasteiger partial charge in [-0.15, -0.1) is 0 Å². The Balaban J connectivity index is 1.99. The lowest BCUT2D eigenvalue weighted by atomic mass is 10.2. The van der Waals surface area contributed by atoms with Crippen LogP contribution in [0.15, 0.2) is 53.0 Å². The molecule has 0 saturated carbocycles. The van der Waals surface area contributed by atoms with Gasteiger partial charge in [-0.3, -0.25) is 0 Å². The van der Waals surface area contributed by atoms with Crippen molar-refractivity contribution in [1.82, 2.24) is 0 Å². The highest BCUT2D eigenvalue weighted by atomic mass is 79.9. The second-order valence-corrected chi connectivity index (χ2v) is 4.06. The fourth-order valence-electron chi connectivity index (χ4n) is 1.24. The average Bonchev–Trinajstić information content (AvgIpc) is 2.28. The molecule has 0 unspecified atom stereocenters. The largest absolute Gasteiger partial charge is 0.488 e. The van der Waals surface area contributed by atoms with E-state index in [1.165, 1.54) is 0 Å². The van der Waals surface area contributed by atoms with E-state index < -0.39 is 0 Å². The van der Waals surface area contributed by atoms with Crippen LogP contribution >= 0.6 is 15.9 Å². The Labute approximate surface area is 97.8 Å². The van der Waals surface area contributed by atoms with E-state index in [9.17, 15) is 0 Å². The standard InChI is InChI=1S/C13H10BrO/c14-12-7-4-8-13(9-12)15-10-11-5-2-1-3-6-11/h1-7,9H,10H2. The molecule has 2 heteroatoms. The van der Waals surface area contributed by atoms with Gasteiger partial charge in [0.05, 0.1) is 0 Å². The predicted molar refractivity (Wildman–Crippen MR) is 63.8 cm³/mol. The molecule has 15 heavy (non-hydrogen) atoms. The smallest absolute Gasteiger partial charge is 0.128 e. The lowest BCUT2D eigenvalue weighted by molar-refractivity contribution is 0.305. The molecule has 2 rings (SSSR count). The monoisotopic (exact) mass is 261 g/mol. The summed E-state index contributed by atoms with van der Waals surface area (Å²) in [6.07, 6.45) is 0. The SMILES string of the molecule is Brc1cc[c]c(OCc2ccccc2)c1. The van der Waals surface area contributed by atoms with Crippen LogP contribution in [0.5, 0.6) is 5.75 Å². The molecule has 2 aromatic rings. The lowest BCUT2D eigenvalue weighted by Crippen LogP contribution is -1.94. The number of hydrogen-bond acceptors (Lipinski definition) is 1. The zero-order valence-corrected chi connectivity index (χ0v) is 9.70. The van der Waals surface area contributed by atoms with Crippen molar-refractivity contribution in [3.63, 3.8) is 0 Å². The van der Waals surface area contributed by atoms with Gasteiger partial charge in [-0.2, -0.15) is 0 Å². The third-order valence-corrected chi connectivity index (χ3v) is 2.47. The summed E-state index contributed by atoms with van der Waals surface area (Å²) in [6.45, 7) is 0.577. The van der Waals surface area contributed by atoms with Crippen LogP contribution in [0.4, 0.5) is 0 Å². The van der Waals surface area contributed by atoms with E-state index in [-0.39, 0.29) is 0 Å². The number of rotatable bonds is 3. The topological polar surface area (TPSA) is 9.23 Å². The molecule has 0 saturated heterocycles. The fraction of sp³-hybridized carbons (Fsp3) is 0.0769. The van der Waals surface area contributed by atoms with Gasteiger partial charge in [-0.25, -0.2) is 0 Å². The summed E-state index contributed by atoms with van der Waals surface area (Å²) in [5, 5.41) is 0. The maximum atomic E-state index is 5.59. The summed E-state index contributed by atoms with van der Waals surface area (Å²) in [5.41, 5.74) is 1.16. The zero-order valence-electron chi connectivity index (χ0n) is 8.11. The third-order valence-electron chi connectivity index (χ3n) is 1.97. The van der Waals surface area contributed by atoms with Crippen LogP contribution in [0.1, 0.15) is 5.56 Å². The van der Waals surface area contributed by atoms with Crippen LogP contribution in [0.25, 0.3) is 0 Å². The first kappa shape index (κ1) is 10.2. The second kappa shape index (κ2) is 4.99. The van der Waals surface area contributed by atoms with Crippen molar-refractivity contribution in [2.24, 2.45) is 0 Å². The Bertz CT molecular complexity index is 426. The Morgan fingerprint density at radius 3 is 2.67 bits per heavy atom. The lowest BCUT2D eigenvalue weighted by Gasteiger charge is -2.05. The zero-order chi connectivity index (χ0) is 10.5. The van der Waals surface area contributed by atoms with E-state index in [0.29, 0.717) is 6.61 Å². The average molecular weight is 262 g/mol. The molecule has 2 aromatic carbocycles. The van der Waals surface area contributed by atoms with E-state index in [1.54, 1.807) is 0 Å². The summed E-state index contributed by atoms with van der Waals surface area (Å²) in [4.78, 5) is 0. The molecular weight excluding hydrogens is 252 g/mol. The van der Waals surface area contributed by atoms with E-state index in [1.807, 2.05) is 48.5 Å². The van der Waals surface area contributed by atoms with Crippen molar-refractivity contribution in [3.8, 4) is 5.75 Å². The molecule has 0 aliphatic heterocycles. The minimum Gasteiger partial charge on any atom is -0.488 e. The van der Waals surface area contributed by atoms with Gasteiger partial charge in [0.15, 0.2) is 0 Å². The molecule has 0 aliphatic carbocycles. The van der Waals surface area contributed by atoms with Gasteiger partial charge < -0.3 is 4.74 Å². The van der Waals surface area contributed by atoms with Crippen LogP contribution in [0.2, 0.25) is 0 Å². The van der Waals surface area contributed by atoms with Gasteiger partial charge in [-0.05, 0) is 23.8 Å². The summed E-state index contributed by atoms with van der Waals surface area (Å²) >= 11 is 3.39. The van der Waals surface area contributed by atoms with Crippen molar-refractivity contribution in [2.75, 3.05) is 0 Å². The van der Waals surface area contributed by atoms with Gasteiger partial charge in [0.1, 0.15) is 12.4 Å². The van der Waals surface area contributed by atoms with Gasteiger partial charge in [-0.1, -0.05) is 46.3 Å². The van der Waals surface area contributed by atoms with Crippen molar-refractivity contribution in [1.29, 1.82) is 0 Å². The van der Waals surface area contributed by atoms with E-state index in [2.05, 4.69) is 22.0 Å². The van der Waals surface area contributed by atoms with Gasteiger partial charge in [0, 0.05) is 10.5 Å². The van der Waals surface area contributed by atoms with E-state index in [4.69, 9.17) is 4.74 Å². The number of ether oxygens (including phenoxy) is 1. The van der Waals surface area contributed by atoms with Crippen LogP contribution in [-0.2, 0) is 6.61 Å². The van der Waals surface area contributed by atoms with Crippen LogP contribution < -0.4 is 4.74 Å². The number of hydrogen-bond donors (Lipinski definition) is 0. The first-order valence-corrected chi connectivity index (χ1v) is 5.48. The Hall–Kier alpha value is -1.28. The Morgan fingerprint density at radius 1 is 1.13 bits per heavy atom. The first-order valence-electron chi connectivity index (χ1n) is 4.68. The molecule has 0 aliphatic rings. The molecule has 0 heterocycles. The Kier molecular flexibility index (Phi) is 3.41. The van der Waals surface area contributed by atoms with Gasteiger partial charge in [0.2, 0.25) is 0 Å². The molecular formula is C13H10BrO. The van der Waals surface area contributed by atoms with Crippen LogP contribution in [-0.4, -0.2) is 0 Å². The molecule has 0 amide bonds. The fourth-order valence-corrected chi connectivity index (χ4v) is 1.58. The predicted octanol–water partition coefficient (Wildman–Crippen LogP) is 3.83. The molecule has 0 fully saturated rings. The molecule has 1 nitrogen and oxygen atoms in total. The maximum absolute atomic E-state index is 5.59. The molecule has 0 N–H and O–H groups in total. The molecule has 1 radical (unpaired) electrons. The van der Waals surface area contributed by atoms with Gasteiger partial charge >= 0.3 is 0 Å². The molecule has 0 spiro atoms. The summed E-state index contributed by atoms with van der Waals surface area (Å²) in [7, 11) is 0. The highest BCUT2D eigenvalue weighted by molar-refractivity contribution is 9.10. The molecule has 0 bridgehead atoms. The number of halogens is 1.